The van der Waals surface area contributed by atoms with E-state index in [1.54, 1.807) is 0 Å². The molecule has 0 saturated heterocycles. The first kappa shape index (κ1) is 12.0. The molecular weight excluding hydrogens is 246 g/mol. The van der Waals surface area contributed by atoms with E-state index in [2.05, 4.69) is 28.9 Å². The predicted molar refractivity (Wildman–Crippen MR) is 84.0 cm³/mol. The third-order valence-corrected chi connectivity index (χ3v) is 4.39. The molecule has 4 rings (SSSR count). The average molecular weight is 267 g/mol. The molecule has 0 unspecified atom stereocenters. The zero-order valence-electron chi connectivity index (χ0n) is 12.0. The van der Waals surface area contributed by atoms with E-state index >= 15 is 0 Å². The van der Waals surface area contributed by atoms with E-state index in [0.29, 0.717) is 0 Å². The number of nitrogen functional groups attached to an aromatic ring is 1. The smallest absolute Gasteiger partial charge is 0.0727 e. The molecule has 2 aliphatic carbocycles. The molecule has 2 aliphatic rings. The van der Waals surface area contributed by atoms with Crippen molar-refractivity contribution < 1.29 is 0 Å². The molecular formula is C17H21N3. The number of rotatable bonds is 4. The Morgan fingerprint density at radius 2 is 2.00 bits per heavy atom. The van der Waals surface area contributed by atoms with Crippen LogP contribution in [0.5, 0.6) is 0 Å². The monoisotopic (exact) mass is 267 g/mol. The summed E-state index contributed by atoms with van der Waals surface area (Å²) in [5.74, 6) is 0.903. The molecule has 104 valence electrons. The molecule has 0 bridgehead atoms. The Labute approximate surface area is 119 Å². The van der Waals surface area contributed by atoms with Crippen molar-refractivity contribution in [2.45, 2.75) is 38.6 Å². The Kier molecular flexibility index (Phi) is 2.62. The maximum Gasteiger partial charge on any atom is 0.0727 e. The van der Waals surface area contributed by atoms with Crippen LogP contribution in [0.2, 0.25) is 0 Å². The number of hydrogen-bond donors (Lipinski definition) is 1. The van der Waals surface area contributed by atoms with E-state index in [-0.39, 0.29) is 0 Å². The Morgan fingerprint density at radius 1 is 1.20 bits per heavy atom. The minimum Gasteiger partial charge on any atom is -0.399 e. The number of benzene rings is 1. The SMILES string of the molecule is Cc1cc(N(CC2CC2)C2CC2)c2cc(N)ccc2n1. The lowest BCUT2D eigenvalue weighted by Crippen LogP contribution is -2.28. The van der Waals surface area contributed by atoms with Gasteiger partial charge in [-0.1, -0.05) is 0 Å². The molecule has 0 aliphatic heterocycles. The molecule has 1 aromatic heterocycles. The lowest BCUT2D eigenvalue weighted by atomic mass is 10.1. The Bertz CT molecular complexity index is 657. The number of anilines is 2. The van der Waals surface area contributed by atoms with Crippen LogP contribution < -0.4 is 10.6 Å². The number of fused-ring (bicyclic) bond motifs is 1. The average Bonchev–Trinajstić information content (AvgIpc) is 3.28. The van der Waals surface area contributed by atoms with Gasteiger partial charge in [-0.05, 0) is 62.8 Å². The van der Waals surface area contributed by atoms with Crippen molar-refractivity contribution in [3.63, 3.8) is 0 Å². The van der Waals surface area contributed by atoms with Crippen LogP contribution in [0.15, 0.2) is 24.3 Å². The molecule has 2 aromatic rings. The van der Waals surface area contributed by atoms with Crippen LogP contribution in [-0.2, 0) is 0 Å². The number of aryl methyl sites for hydroxylation is 1. The van der Waals surface area contributed by atoms with Gasteiger partial charge in [-0.15, -0.1) is 0 Å². The van der Waals surface area contributed by atoms with Gasteiger partial charge >= 0.3 is 0 Å². The molecule has 20 heavy (non-hydrogen) atoms. The van der Waals surface area contributed by atoms with Gasteiger partial charge in [0.2, 0.25) is 0 Å². The van der Waals surface area contributed by atoms with Gasteiger partial charge in [0.15, 0.2) is 0 Å². The summed E-state index contributed by atoms with van der Waals surface area (Å²) in [7, 11) is 0. The third-order valence-electron chi connectivity index (χ3n) is 4.39. The first-order valence-corrected chi connectivity index (χ1v) is 7.64. The zero-order valence-corrected chi connectivity index (χ0v) is 12.0. The van der Waals surface area contributed by atoms with Crippen LogP contribution in [0.1, 0.15) is 31.4 Å². The Hall–Kier alpha value is -1.77. The predicted octanol–water partition coefficient (Wildman–Crippen LogP) is 3.50. The highest BCUT2D eigenvalue weighted by molar-refractivity contribution is 5.94. The summed E-state index contributed by atoms with van der Waals surface area (Å²) in [6.45, 7) is 3.29. The highest BCUT2D eigenvalue weighted by Gasteiger charge is 2.34. The number of aromatic nitrogens is 1. The topological polar surface area (TPSA) is 42.1 Å². The first-order valence-electron chi connectivity index (χ1n) is 7.64. The van der Waals surface area contributed by atoms with Crippen molar-refractivity contribution in [1.29, 1.82) is 0 Å². The van der Waals surface area contributed by atoms with Gasteiger partial charge in [-0.3, -0.25) is 4.98 Å². The molecule has 2 saturated carbocycles. The van der Waals surface area contributed by atoms with Gasteiger partial charge in [-0.2, -0.15) is 0 Å². The second-order valence-electron chi connectivity index (χ2n) is 6.39. The summed E-state index contributed by atoms with van der Waals surface area (Å²) in [6.07, 6.45) is 5.45. The standard InChI is InChI=1S/C17H21N3/c1-11-8-17(15-9-13(18)4-7-16(15)19-11)20(14-5-6-14)10-12-2-3-12/h4,7-9,12,14H,2-3,5-6,10,18H2,1H3. The fraction of sp³-hybridized carbons (Fsp3) is 0.471. The van der Waals surface area contributed by atoms with Crippen molar-refractivity contribution in [3.8, 4) is 0 Å². The molecule has 1 heterocycles. The van der Waals surface area contributed by atoms with Gasteiger partial charge in [0.25, 0.3) is 0 Å². The van der Waals surface area contributed by atoms with Crippen LogP contribution in [-0.4, -0.2) is 17.6 Å². The molecule has 0 amide bonds. The van der Waals surface area contributed by atoms with Gasteiger partial charge in [0, 0.05) is 35.0 Å². The summed E-state index contributed by atoms with van der Waals surface area (Å²) in [6, 6.07) is 9.05. The molecule has 0 spiro atoms. The maximum absolute atomic E-state index is 5.99. The van der Waals surface area contributed by atoms with Gasteiger partial charge in [-0.25, -0.2) is 0 Å². The van der Waals surface area contributed by atoms with Crippen LogP contribution in [0.3, 0.4) is 0 Å². The minimum atomic E-state index is 0.738. The van der Waals surface area contributed by atoms with E-state index in [0.717, 1.165) is 28.9 Å². The third kappa shape index (κ3) is 2.21. The summed E-state index contributed by atoms with van der Waals surface area (Å²) in [4.78, 5) is 7.27. The largest absolute Gasteiger partial charge is 0.399 e. The van der Waals surface area contributed by atoms with Crippen LogP contribution in [0.25, 0.3) is 10.9 Å². The van der Waals surface area contributed by atoms with E-state index < -0.39 is 0 Å². The molecule has 3 nitrogen and oxygen atoms in total. The normalized spacial score (nSPS) is 18.4. The van der Waals surface area contributed by atoms with Gasteiger partial charge in [0.1, 0.15) is 0 Å². The van der Waals surface area contributed by atoms with Crippen molar-refractivity contribution in [2.24, 2.45) is 5.92 Å². The highest BCUT2D eigenvalue weighted by atomic mass is 15.2. The summed E-state index contributed by atoms with van der Waals surface area (Å²) < 4.78 is 0. The van der Waals surface area contributed by atoms with Crippen LogP contribution >= 0.6 is 0 Å². The number of hydrogen-bond acceptors (Lipinski definition) is 3. The van der Waals surface area contributed by atoms with E-state index in [1.165, 1.54) is 43.3 Å². The summed E-state index contributed by atoms with van der Waals surface area (Å²) in [5, 5.41) is 1.21. The quantitative estimate of drug-likeness (QED) is 0.862. The van der Waals surface area contributed by atoms with E-state index in [9.17, 15) is 0 Å². The number of nitrogens with zero attached hydrogens (tertiary/aromatic N) is 2. The van der Waals surface area contributed by atoms with Crippen molar-refractivity contribution in [3.05, 3.63) is 30.0 Å². The van der Waals surface area contributed by atoms with E-state index in [1.807, 2.05) is 12.1 Å². The van der Waals surface area contributed by atoms with Crippen LogP contribution in [0.4, 0.5) is 11.4 Å². The molecule has 2 fully saturated rings. The molecule has 0 atom stereocenters. The molecule has 3 heteroatoms. The first-order chi connectivity index (χ1) is 9.70. The summed E-state index contributed by atoms with van der Waals surface area (Å²) >= 11 is 0. The minimum absolute atomic E-state index is 0.738. The van der Waals surface area contributed by atoms with Crippen LogP contribution in [0, 0.1) is 12.8 Å². The van der Waals surface area contributed by atoms with Crippen molar-refractivity contribution >= 4 is 22.3 Å². The molecule has 1 aromatic carbocycles. The zero-order chi connectivity index (χ0) is 13.7. The van der Waals surface area contributed by atoms with Gasteiger partial charge < -0.3 is 10.6 Å². The van der Waals surface area contributed by atoms with Gasteiger partial charge in [0.05, 0.1) is 5.52 Å². The number of pyridine rings is 1. The second-order valence-corrected chi connectivity index (χ2v) is 6.39. The fourth-order valence-electron chi connectivity index (χ4n) is 3.00. The maximum atomic E-state index is 5.99. The fourth-order valence-corrected chi connectivity index (χ4v) is 3.00. The van der Waals surface area contributed by atoms with Crippen molar-refractivity contribution in [2.75, 3.05) is 17.2 Å². The molecule has 2 N–H and O–H groups in total. The summed E-state index contributed by atoms with van der Waals surface area (Å²) in [5.41, 5.74) is 10.3. The van der Waals surface area contributed by atoms with E-state index in [4.69, 9.17) is 5.73 Å². The van der Waals surface area contributed by atoms with Crippen molar-refractivity contribution in [1.82, 2.24) is 4.98 Å². The second kappa shape index (κ2) is 4.37. The Morgan fingerprint density at radius 3 is 2.70 bits per heavy atom. The lowest BCUT2D eigenvalue weighted by molar-refractivity contribution is 0.720. The lowest BCUT2D eigenvalue weighted by Gasteiger charge is -2.26. The molecule has 0 radical (unpaired) electrons. The highest BCUT2D eigenvalue weighted by Crippen LogP contribution is 2.40. The number of nitrogens with two attached hydrogens (primary N) is 1. The Balaban J connectivity index is 1.84.